The Bertz CT molecular complexity index is 953. The molecule has 3 rings (SSSR count). The first-order valence-corrected chi connectivity index (χ1v) is 8.22. The highest BCUT2D eigenvalue weighted by molar-refractivity contribution is 5.97. The van der Waals surface area contributed by atoms with Crippen LogP contribution in [0.2, 0.25) is 0 Å². The van der Waals surface area contributed by atoms with Crippen molar-refractivity contribution in [3.63, 3.8) is 0 Å². The van der Waals surface area contributed by atoms with E-state index in [1.165, 1.54) is 24.3 Å². The van der Waals surface area contributed by atoms with Gasteiger partial charge in [-0.15, -0.1) is 0 Å². The van der Waals surface area contributed by atoms with Crippen molar-refractivity contribution in [2.75, 3.05) is 21.2 Å². The van der Waals surface area contributed by atoms with E-state index in [0.29, 0.717) is 28.4 Å². The first kappa shape index (κ1) is 18.4. The number of hydrogen-bond donors (Lipinski definition) is 0. The van der Waals surface area contributed by atoms with Crippen molar-refractivity contribution in [1.82, 2.24) is 9.88 Å². The third-order valence-corrected chi connectivity index (χ3v) is 3.87. The lowest BCUT2D eigenvalue weighted by atomic mass is 10.1. The average Bonchev–Trinajstić information content (AvgIpc) is 3.14. The van der Waals surface area contributed by atoms with Gasteiger partial charge in [-0.25, -0.2) is 9.37 Å². The number of aromatic nitrogens is 1. The van der Waals surface area contributed by atoms with Crippen LogP contribution in [0.25, 0.3) is 11.3 Å². The minimum absolute atomic E-state index is 0.0392. The number of halogens is 1. The number of ether oxygens (including phenoxy) is 2. The molecular weight excluding hydrogens is 351 g/mol. The summed E-state index contributed by atoms with van der Waals surface area (Å²) < 4.78 is 30.5. The average molecular weight is 370 g/mol. The molecule has 0 bridgehead atoms. The van der Waals surface area contributed by atoms with E-state index >= 15 is 0 Å². The Hall–Kier alpha value is -3.35. The summed E-state index contributed by atoms with van der Waals surface area (Å²) in [6, 6.07) is 11.3. The number of nitrogens with zero attached hydrogens (tertiary/aromatic N) is 2. The summed E-state index contributed by atoms with van der Waals surface area (Å²) in [5, 5.41) is 0. The molecule has 1 heterocycles. The fourth-order valence-electron chi connectivity index (χ4n) is 2.53. The quantitative estimate of drug-likeness (QED) is 0.661. The van der Waals surface area contributed by atoms with Crippen LogP contribution in [0.15, 0.2) is 53.1 Å². The first-order chi connectivity index (χ1) is 13.0. The van der Waals surface area contributed by atoms with E-state index < -0.39 is 5.82 Å². The van der Waals surface area contributed by atoms with Crippen LogP contribution in [-0.4, -0.2) is 37.0 Å². The van der Waals surface area contributed by atoms with Crippen LogP contribution in [0, 0.1) is 5.82 Å². The van der Waals surface area contributed by atoms with Gasteiger partial charge in [0.1, 0.15) is 5.82 Å². The van der Waals surface area contributed by atoms with Crippen molar-refractivity contribution in [1.29, 1.82) is 0 Å². The van der Waals surface area contributed by atoms with Crippen LogP contribution < -0.4 is 9.47 Å². The van der Waals surface area contributed by atoms with Crippen LogP contribution in [0.5, 0.6) is 11.5 Å². The molecule has 27 heavy (non-hydrogen) atoms. The van der Waals surface area contributed by atoms with Crippen molar-refractivity contribution in [2.45, 2.75) is 6.61 Å². The largest absolute Gasteiger partial charge is 0.493 e. The van der Waals surface area contributed by atoms with E-state index in [9.17, 15) is 9.18 Å². The normalized spacial score (nSPS) is 10.5. The van der Waals surface area contributed by atoms with Crippen LogP contribution in [0.3, 0.4) is 0 Å². The van der Waals surface area contributed by atoms with Crippen LogP contribution in [0.4, 0.5) is 4.39 Å². The number of amides is 1. The number of methoxy groups -OCH3 is 1. The zero-order valence-corrected chi connectivity index (χ0v) is 15.2. The monoisotopic (exact) mass is 370 g/mol. The maximum absolute atomic E-state index is 13.9. The molecule has 3 aromatic rings. The van der Waals surface area contributed by atoms with E-state index in [2.05, 4.69) is 4.98 Å². The topological polar surface area (TPSA) is 64.8 Å². The van der Waals surface area contributed by atoms with Gasteiger partial charge in [-0.3, -0.25) is 4.79 Å². The van der Waals surface area contributed by atoms with Gasteiger partial charge in [-0.1, -0.05) is 18.2 Å². The summed E-state index contributed by atoms with van der Waals surface area (Å²) in [5.74, 6) is 0.653. The predicted molar refractivity (Wildman–Crippen MR) is 97.2 cm³/mol. The number of carbonyl (C=O) groups excluding carboxylic acids is 1. The van der Waals surface area contributed by atoms with Gasteiger partial charge in [-0.2, -0.15) is 0 Å². The second-order valence-electron chi connectivity index (χ2n) is 5.92. The smallest absolute Gasteiger partial charge is 0.257 e. The molecule has 1 aromatic heterocycles. The molecule has 0 atom stereocenters. The molecule has 0 aliphatic rings. The molecule has 0 spiro atoms. The Morgan fingerprint density at radius 1 is 1.19 bits per heavy atom. The Labute approximate surface area is 156 Å². The minimum Gasteiger partial charge on any atom is -0.493 e. The van der Waals surface area contributed by atoms with Gasteiger partial charge in [0.2, 0.25) is 5.89 Å². The number of para-hydroxylation sites is 1. The summed E-state index contributed by atoms with van der Waals surface area (Å²) >= 11 is 0. The lowest BCUT2D eigenvalue weighted by molar-refractivity contribution is 0.0821. The number of benzene rings is 2. The standard InChI is InChI=1S/C20H19FN2O4/c1-23(2)20(24)14-8-6-10-16(25-3)19(14)26-12-18-22-11-17(27-18)13-7-4-5-9-15(13)21/h4-11H,12H2,1-3H3. The van der Waals surface area contributed by atoms with Gasteiger partial charge < -0.3 is 18.8 Å². The van der Waals surface area contributed by atoms with Crippen molar-refractivity contribution in [2.24, 2.45) is 0 Å². The maximum Gasteiger partial charge on any atom is 0.257 e. The van der Waals surface area contributed by atoms with Crippen LogP contribution in [-0.2, 0) is 6.61 Å². The minimum atomic E-state index is -0.398. The molecule has 0 unspecified atom stereocenters. The predicted octanol–water partition coefficient (Wildman–Crippen LogP) is 3.77. The van der Waals surface area contributed by atoms with E-state index in [4.69, 9.17) is 13.9 Å². The molecule has 7 heteroatoms. The maximum atomic E-state index is 13.9. The Balaban J connectivity index is 1.83. The molecule has 1 amide bonds. The summed E-state index contributed by atoms with van der Waals surface area (Å²) in [5.41, 5.74) is 0.678. The molecule has 0 saturated heterocycles. The number of rotatable bonds is 6. The zero-order valence-electron chi connectivity index (χ0n) is 15.2. The Kier molecular flexibility index (Phi) is 5.40. The zero-order chi connectivity index (χ0) is 19.4. The molecule has 0 radical (unpaired) electrons. The van der Waals surface area contributed by atoms with Crippen molar-refractivity contribution in [3.8, 4) is 22.8 Å². The highest BCUT2D eigenvalue weighted by Gasteiger charge is 2.19. The Morgan fingerprint density at radius 3 is 2.67 bits per heavy atom. The lowest BCUT2D eigenvalue weighted by Crippen LogP contribution is -2.22. The molecule has 6 nitrogen and oxygen atoms in total. The SMILES string of the molecule is COc1cccc(C(=O)N(C)C)c1OCc1ncc(-c2ccccc2F)o1. The molecule has 0 aliphatic heterocycles. The fraction of sp³-hybridized carbons (Fsp3) is 0.200. The van der Waals surface area contributed by atoms with Crippen molar-refractivity contribution in [3.05, 3.63) is 65.9 Å². The molecule has 140 valence electrons. The highest BCUT2D eigenvalue weighted by Crippen LogP contribution is 2.33. The Morgan fingerprint density at radius 2 is 1.96 bits per heavy atom. The molecule has 0 fully saturated rings. The first-order valence-electron chi connectivity index (χ1n) is 8.22. The molecule has 0 N–H and O–H groups in total. The van der Waals surface area contributed by atoms with Crippen molar-refractivity contribution < 1.29 is 23.1 Å². The van der Waals surface area contributed by atoms with Gasteiger partial charge in [0.25, 0.3) is 5.91 Å². The summed E-state index contributed by atoms with van der Waals surface area (Å²) in [6.07, 6.45) is 1.44. The van der Waals surface area contributed by atoms with E-state index in [1.54, 1.807) is 50.5 Å². The number of carbonyl (C=O) groups is 1. The lowest BCUT2D eigenvalue weighted by Gasteiger charge is -2.16. The van der Waals surface area contributed by atoms with Gasteiger partial charge in [0.05, 0.1) is 24.4 Å². The van der Waals surface area contributed by atoms with E-state index in [0.717, 1.165) is 0 Å². The molecule has 0 aliphatic carbocycles. The fourth-order valence-corrected chi connectivity index (χ4v) is 2.53. The van der Waals surface area contributed by atoms with Gasteiger partial charge in [-0.05, 0) is 24.3 Å². The van der Waals surface area contributed by atoms with Crippen LogP contribution in [0.1, 0.15) is 16.2 Å². The van der Waals surface area contributed by atoms with Gasteiger partial charge in [0, 0.05) is 14.1 Å². The molecule has 0 saturated carbocycles. The third kappa shape index (κ3) is 3.92. The van der Waals surface area contributed by atoms with Gasteiger partial charge in [0.15, 0.2) is 23.9 Å². The summed E-state index contributed by atoms with van der Waals surface area (Å²) in [7, 11) is 4.80. The van der Waals surface area contributed by atoms with E-state index in [1.807, 2.05) is 0 Å². The molecular formula is C20H19FN2O4. The number of hydrogen-bond acceptors (Lipinski definition) is 5. The number of oxazole rings is 1. The van der Waals surface area contributed by atoms with Gasteiger partial charge >= 0.3 is 0 Å². The van der Waals surface area contributed by atoms with Crippen LogP contribution >= 0.6 is 0 Å². The highest BCUT2D eigenvalue weighted by atomic mass is 19.1. The summed E-state index contributed by atoms with van der Waals surface area (Å²) in [4.78, 5) is 17.9. The van der Waals surface area contributed by atoms with Crippen molar-refractivity contribution >= 4 is 5.91 Å². The second-order valence-corrected chi connectivity index (χ2v) is 5.92. The second kappa shape index (κ2) is 7.90. The summed E-state index contributed by atoms with van der Waals surface area (Å²) in [6.45, 7) is -0.0392. The third-order valence-electron chi connectivity index (χ3n) is 3.87. The molecule has 2 aromatic carbocycles. The van der Waals surface area contributed by atoms with E-state index in [-0.39, 0.29) is 18.4 Å².